The van der Waals surface area contributed by atoms with Crippen LogP contribution in [-0.2, 0) is 6.61 Å². The number of methoxy groups -OCH3 is 1. The highest BCUT2D eigenvalue weighted by molar-refractivity contribution is 5.92. The van der Waals surface area contributed by atoms with Gasteiger partial charge in [0.25, 0.3) is 0 Å². The highest BCUT2D eigenvalue weighted by Crippen LogP contribution is 2.18. The first kappa shape index (κ1) is 9.67. The van der Waals surface area contributed by atoms with E-state index in [1.807, 2.05) is 0 Å². The summed E-state index contributed by atoms with van der Waals surface area (Å²) in [5, 5.41) is 8.87. The van der Waals surface area contributed by atoms with Gasteiger partial charge >= 0.3 is 0 Å². The summed E-state index contributed by atoms with van der Waals surface area (Å²) in [7, 11) is 1.48. The Balaban J connectivity index is 3.13. The molecule has 4 heteroatoms. The average Bonchev–Trinajstić information content (AvgIpc) is 2.16. The first-order chi connectivity index (χ1) is 6.19. The van der Waals surface area contributed by atoms with Gasteiger partial charge in [-0.25, -0.2) is 0 Å². The number of Topliss-reactive ketones (excluding diaryl/α,β-unsaturated/α-hetero) is 1. The summed E-state index contributed by atoms with van der Waals surface area (Å²) >= 11 is 0. The lowest BCUT2D eigenvalue weighted by Gasteiger charge is -2.05. The minimum absolute atomic E-state index is 0.122. The summed E-state index contributed by atoms with van der Waals surface area (Å²) in [4.78, 5) is 14.8. The molecular formula is C9H11NO3. The van der Waals surface area contributed by atoms with Crippen LogP contribution in [0.3, 0.4) is 0 Å². The number of aliphatic hydroxyl groups is 1. The molecule has 13 heavy (non-hydrogen) atoms. The molecule has 0 aliphatic heterocycles. The standard InChI is InChI=1S/C9H11NO3/c1-6(12)8-3-9(13-2)7(5-11)4-10-8/h3-4,11H,5H2,1-2H3. The molecule has 1 aromatic rings. The van der Waals surface area contributed by atoms with E-state index in [-0.39, 0.29) is 12.4 Å². The van der Waals surface area contributed by atoms with Crippen LogP contribution in [0.5, 0.6) is 5.75 Å². The molecule has 1 aromatic heterocycles. The molecule has 0 aliphatic carbocycles. The van der Waals surface area contributed by atoms with Crippen LogP contribution in [0.25, 0.3) is 0 Å². The number of nitrogens with zero attached hydrogens (tertiary/aromatic N) is 1. The van der Waals surface area contributed by atoms with E-state index < -0.39 is 0 Å². The maximum absolute atomic E-state index is 10.9. The molecule has 0 amide bonds. The van der Waals surface area contributed by atoms with Crippen molar-refractivity contribution < 1.29 is 14.6 Å². The molecule has 0 spiro atoms. The molecule has 0 saturated carbocycles. The second kappa shape index (κ2) is 4.00. The topological polar surface area (TPSA) is 59.4 Å². The third kappa shape index (κ3) is 2.03. The minimum atomic E-state index is -0.144. The van der Waals surface area contributed by atoms with Crippen molar-refractivity contribution in [3.63, 3.8) is 0 Å². The minimum Gasteiger partial charge on any atom is -0.496 e. The van der Waals surface area contributed by atoms with Crippen molar-refractivity contribution in [3.8, 4) is 5.75 Å². The lowest BCUT2D eigenvalue weighted by atomic mass is 10.2. The molecule has 0 bridgehead atoms. The SMILES string of the molecule is COc1cc(C(C)=O)ncc1CO. The van der Waals surface area contributed by atoms with E-state index >= 15 is 0 Å². The summed E-state index contributed by atoms with van der Waals surface area (Å²) in [5.41, 5.74) is 0.918. The number of carbonyl (C=O) groups is 1. The average molecular weight is 181 g/mol. The van der Waals surface area contributed by atoms with Crippen LogP contribution in [0.2, 0.25) is 0 Å². The Morgan fingerprint density at radius 1 is 1.69 bits per heavy atom. The van der Waals surface area contributed by atoms with E-state index in [2.05, 4.69) is 4.98 Å². The van der Waals surface area contributed by atoms with Gasteiger partial charge in [-0.3, -0.25) is 9.78 Å². The molecule has 0 atom stereocenters. The summed E-state index contributed by atoms with van der Waals surface area (Å²) in [6.45, 7) is 1.29. The fraction of sp³-hybridized carbons (Fsp3) is 0.333. The maximum atomic E-state index is 10.9. The van der Waals surface area contributed by atoms with Crippen LogP contribution in [-0.4, -0.2) is 23.0 Å². The Bertz CT molecular complexity index is 323. The van der Waals surface area contributed by atoms with Crippen molar-refractivity contribution in [2.45, 2.75) is 13.5 Å². The van der Waals surface area contributed by atoms with Crippen LogP contribution in [0, 0.1) is 0 Å². The zero-order valence-electron chi connectivity index (χ0n) is 7.57. The fourth-order valence-electron chi connectivity index (χ4n) is 0.967. The van der Waals surface area contributed by atoms with Gasteiger partial charge < -0.3 is 9.84 Å². The van der Waals surface area contributed by atoms with Gasteiger partial charge in [-0.05, 0) is 0 Å². The van der Waals surface area contributed by atoms with Gasteiger partial charge in [-0.2, -0.15) is 0 Å². The molecule has 0 aliphatic rings. The van der Waals surface area contributed by atoms with E-state index in [1.54, 1.807) is 0 Å². The highest BCUT2D eigenvalue weighted by Gasteiger charge is 2.07. The van der Waals surface area contributed by atoms with Gasteiger partial charge in [0.05, 0.1) is 13.7 Å². The summed E-state index contributed by atoms with van der Waals surface area (Å²) in [5.74, 6) is 0.366. The second-order valence-electron chi connectivity index (χ2n) is 2.60. The fourth-order valence-corrected chi connectivity index (χ4v) is 0.967. The number of carbonyl (C=O) groups excluding carboxylic acids is 1. The second-order valence-corrected chi connectivity index (χ2v) is 2.60. The number of hydrogen-bond donors (Lipinski definition) is 1. The zero-order valence-corrected chi connectivity index (χ0v) is 7.57. The highest BCUT2D eigenvalue weighted by atomic mass is 16.5. The van der Waals surface area contributed by atoms with Crippen LogP contribution < -0.4 is 4.74 Å². The Kier molecular flexibility index (Phi) is 2.97. The van der Waals surface area contributed by atoms with E-state index in [0.29, 0.717) is 17.0 Å². The first-order valence-electron chi connectivity index (χ1n) is 3.83. The van der Waals surface area contributed by atoms with Gasteiger partial charge in [0.2, 0.25) is 0 Å². The van der Waals surface area contributed by atoms with Crippen molar-refractivity contribution in [2.24, 2.45) is 0 Å². The van der Waals surface area contributed by atoms with E-state index in [1.165, 1.54) is 26.3 Å². The smallest absolute Gasteiger partial charge is 0.178 e. The molecule has 70 valence electrons. The predicted octanol–water partition coefficient (Wildman–Crippen LogP) is 0.785. The van der Waals surface area contributed by atoms with Crippen molar-refractivity contribution in [3.05, 3.63) is 23.5 Å². The maximum Gasteiger partial charge on any atom is 0.178 e. The number of aromatic nitrogens is 1. The number of rotatable bonds is 3. The molecule has 0 radical (unpaired) electrons. The summed E-state index contributed by atoms with van der Waals surface area (Å²) < 4.78 is 4.97. The van der Waals surface area contributed by atoms with Gasteiger partial charge in [0, 0.05) is 24.8 Å². The lowest BCUT2D eigenvalue weighted by molar-refractivity contribution is 0.101. The Morgan fingerprint density at radius 2 is 2.38 bits per heavy atom. The Hall–Kier alpha value is -1.42. The largest absolute Gasteiger partial charge is 0.496 e. The molecule has 0 fully saturated rings. The number of ketones is 1. The van der Waals surface area contributed by atoms with E-state index in [4.69, 9.17) is 9.84 Å². The summed E-state index contributed by atoms with van der Waals surface area (Å²) in [6.07, 6.45) is 1.44. The van der Waals surface area contributed by atoms with Crippen molar-refractivity contribution in [2.75, 3.05) is 7.11 Å². The summed E-state index contributed by atoms with van der Waals surface area (Å²) in [6, 6.07) is 1.52. The molecular weight excluding hydrogens is 170 g/mol. The molecule has 0 aromatic carbocycles. The monoisotopic (exact) mass is 181 g/mol. The van der Waals surface area contributed by atoms with Crippen molar-refractivity contribution in [1.82, 2.24) is 4.98 Å². The number of pyridine rings is 1. The number of ether oxygens (including phenoxy) is 1. The Morgan fingerprint density at radius 3 is 2.85 bits per heavy atom. The third-order valence-corrected chi connectivity index (χ3v) is 1.69. The first-order valence-corrected chi connectivity index (χ1v) is 3.83. The van der Waals surface area contributed by atoms with Crippen LogP contribution in [0.4, 0.5) is 0 Å². The van der Waals surface area contributed by atoms with Gasteiger partial charge in [0.15, 0.2) is 5.78 Å². The number of aliphatic hydroxyl groups excluding tert-OH is 1. The molecule has 1 N–H and O–H groups in total. The molecule has 1 rings (SSSR count). The normalized spacial score (nSPS) is 9.77. The van der Waals surface area contributed by atoms with Crippen LogP contribution >= 0.6 is 0 Å². The van der Waals surface area contributed by atoms with Crippen molar-refractivity contribution in [1.29, 1.82) is 0 Å². The molecule has 0 unspecified atom stereocenters. The molecule has 1 heterocycles. The van der Waals surface area contributed by atoms with Gasteiger partial charge in [-0.1, -0.05) is 0 Å². The van der Waals surface area contributed by atoms with Crippen LogP contribution in [0.1, 0.15) is 23.0 Å². The lowest BCUT2D eigenvalue weighted by Crippen LogP contribution is -2.00. The predicted molar refractivity (Wildman–Crippen MR) is 46.7 cm³/mol. The third-order valence-electron chi connectivity index (χ3n) is 1.69. The van der Waals surface area contributed by atoms with Crippen molar-refractivity contribution >= 4 is 5.78 Å². The van der Waals surface area contributed by atoms with Gasteiger partial charge in [0.1, 0.15) is 11.4 Å². The Labute approximate surface area is 76.2 Å². The quantitative estimate of drug-likeness (QED) is 0.700. The zero-order chi connectivity index (χ0) is 9.84. The van der Waals surface area contributed by atoms with Gasteiger partial charge in [-0.15, -0.1) is 0 Å². The molecule has 0 saturated heterocycles. The van der Waals surface area contributed by atoms with E-state index in [9.17, 15) is 4.79 Å². The van der Waals surface area contributed by atoms with E-state index in [0.717, 1.165) is 0 Å². The van der Waals surface area contributed by atoms with Crippen LogP contribution in [0.15, 0.2) is 12.3 Å². The molecule has 4 nitrogen and oxygen atoms in total. The number of hydrogen-bond acceptors (Lipinski definition) is 4.